The highest BCUT2D eigenvalue weighted by atomic mass is 35.5. The largest absolute Gasteiger partial charge is 0.118 e. The van der Waals surface area contributed by atoms with Crippen LogP contribution >= 0.6 is 23.2 Å². The van der Waals surface area contributed by atoms with E-state index in [0.29, 0.717) is 0 Å². The van der Waals surface area contributed by atoms with E-state index in [2.05, 4.69) is 0 Å². The fraction of sp³-hybridized carbons (Fsp3) is 0.250. The topological polar surface area (TPSA) is 0 Å². The second kappa shape index (κ2) is 8.18. The molecule has 0 spiro atoms. The van der Waals surface area contributed by atoms with E-state index in [9.17, 15) is 0 Å². The van der Waals surface area contributed by atoms with Crippen molar-refractivity contribution in [3.8, 4) is 0 Å². The minimum atomic E-state index is 0.131. The van der Waals surface area contributed by atoms with Gasteiger partial charge in [0.15, 0.2) is 0 Å². The summed E-state index contributed by atoms with van der Waals surface area (Å²) in [6, 6.07) is 20.1. The quantitative estimate of drug-likeness (QED) is 0.594. The van der Waals surface area contributed by atoms with Crippen LogP contribution in [0.2, 0.25) is 0 Å². The van der Waals surface area contributed by atoms with E-state index in [1.54, 1.807) is 0 Å². The van der Waals surface area contributed by atoms with Crippen LogP contribution in [0, 0.1) is 0 Å². The SMILES string of the molecule is CC(Cl)c1ccccc1.CC(Cl)c1ccccc1. The Balaban J connectivity index is 0.000000180. The van der Waals surface area contributed by atoms with Crippen molar-refractivity contribution in [1.82, 2.24) is 0 Å². The molecule has 0 aromatic heterocycles. The van der Waals surface area contributed by atoms with Crippen LogP contribution in [0.15, 0.2) is 60.7 Å². The Kier molecular flexibility index (Phi) is 6.85. The molecule has 0 nitrogen and oxygen atoms in total. The van der Waals surface area contributed by atoms with Gasteiger partial charge in [0.25, 0.3) is 0 Å². The van der Waals surface area contributed by atoms with E-state index in [1.807, 2.05) is 74.5 Å². The number of hydrogen-bond acceptors (Lipinski definition) is 0. The van der Waals surface area contributed by atoms with Gasteiger partial charge < -0.3 is 0 Å². The van der Waals surface area contributed by atoms with Crippen LogP contribution in [0.25, 0.3) is 0 Å². The second-order valence-electron chi connectivity index (χ2n) is 4.05. The number of alkyl halides is 2. The van der Waals surface area contributed by atoms with E-state index in [4.69, 9.17) is 23.2 Å². The summed E-state index contributed by atoms with van der Waals surface area (Å²) in [6.07, 6.45) is 0. The van der Waals surface area contributed by atoms with Crippen LogP contribution in [0.3, 0.4) is 0 Å². The average molecular weight is 281 g/mol. The molecule has 18 heavy (non-hydrogen) atoms. The molecule has 2 heteroatoms. The Morgan fingerprint density at radius 3 is 1.06 bits per heavy atom. The standard InChI is InChI=1S/2C8H9Cl/c2*1-7(9)8-5-3-2-4-6-8/h2*2-7H,1H3. The van der Waals surface area contributed by atoms with E-state index >= 15 is 0 Å². The number of benzene rings is 2. The molecule has 0 heterocycles. The second-order valence-corrected chi connectivity index (χ2v) is 5.36. The molecule has 0 radical (unpaired) electrons. The molecule has 0 saturated carbocycles. The van der Waals surface area contributed by atoms with Gasteiger partial charge in [0.1, 0.15) is 0 Å². The number of hydrogen-bond donors (Lipinski definition) is 0. The zero-order valence-corrected chi connectivity index (χ0v) is 12.2. The van der Waals surface area contributed by atoms with E-state index in [1.165, 1.54) is 11.1 Å². The van der Waals surface area contributed by atoms with Gasteiger partial charge in [0.05, 0.1) is 10.8 Å². The maximum absolute atomic E-state index is 5.80. The molecule has 96 valence electrons. The van der Waals surface area contributed by atoms with Crippen LogP contribution in [-0.2, 0) is 0 Å². The van der Waals surface area contributed by atoms with Crippen molar-refractivity contribution in [2.24, 2.45) is 0 Å². The molecular formula is C16H18Cl2. The Hall–Kier alpha value is -0.980. The van der Waals surface area contributed by atoms with Gasteiger partial charge in [-0.25, -0.2) is 0 Å². The first-order chi connectivity index (χ1) is 8.61. The van der Waals surface area contributed by atoms with Crippen LogP contribution in [0.5, 0.6) is 0 Å². The van der Waals surface area contributed by atoms with Gasteiger partial charge in [-0.3, -0.25) is 0 Å². The molecule has 0 fully saturated rings. The highest BCUT2D eigenvalue weighted by molar-refractivity contribution is 6.20. The summed E-state index contributed by atoms with van der Waals surface area (Å²) in [4.78, 5) is 0. The molecular weight excluding hydrogens is 263 g/mol. The minimum absolute atomic E-state index is 0.131. The van der Waals surface area contributed by atoms with Crippen molar-refractivity contribution in [2.45, 2.75) is 24.6 Å². The molecule has 0 saturated heterocycles. The van der Waals surface area contributed by atoms with E-state index in [-0.39, 0.29) is 10.8 Å². The van der Waals surface area contributed by atoms with Crippen LogP contribution in [-0.4, -0.2) is 0 Å². The number of rotatable bonds is 2. The summed E-state index contributed by atoms with van der Waals surface area (Å²) in [5.41, 5.74) is 2.36. The molecule has 0 aliphatic rings. The maximum atomic E-state index is 5.80. The van der Waals surface area contributed by atoms with Crippen LogP contribution in [0.1, 0.15) is 35.7 Å². The van der Waals surface area contributed by atoms with Crippen molar-refractivity contribution in [1.29, 1.82) is 0 Å². The van der Waals surface area contributed by atoms with Crippen molar-refractivity contribution in [3.05, 3.63) is 71.8 Å². The Morgan fingerprint density at radius 1 is 0.611 bits per heavy atom. The molecule has 2 unspecified atom stereocenters. The van der Waals surface area contributed by atoms with Gasteiger partial charge >= 0.3 is 0 Å². The lowest BCUT2D eigenvalue weighted by atomic mass is 10.2. The van der Waals surface area contributed by atoms with Gasteiger partial charge in [-0.05, 0) is 25.0 Å². The molecule has 0 aliphatic carbocycles. The first-order valence-corrected chi connectivity index (χ1v) is 6.86. The normalized spacial score (nSPS) is 13.1. The predicted octanol–water partition coefficient (Wildman–Crippen LogP) is 5.97. The van der Waals surface area contributed by atoms with Gasteiger partial charge in [0.2, 0.25) is 0 Å². The monoisotopic (exact) mass is 280 g/mol. The predicted molar refractivity (Wildman–Crippen MR) is 81.4 cm³/mol. The summed E-state index contributed by atoms with van der Waals surface area (Å²) in [6.45, 7) is 3.94. The minimum Gasteiger partial charge on any atom is -0.118 e. The molecule has 0 amide bonds. The Labute approximate surface area is 120 Å². The molecule has 0 aliphatic heterocycles. The molecule has 2 aromatic carbocycles. The third-order valence-corrected chi connectivity index (χ3v) is 3.02. The molecule has 2 rings (SSSR count). The fourth-order valence-corrected chi connectivity index (χ4v) is 1.73. The smallest absolute Gasteiger partial charge is 0.0557 e. The van der Waals surface area contributed by atoms with Gasteiger partial charge in [0, 0.05) is 0 Å². The third-order valence-electron chi connectivity index (χ3n) is 2.52. The summed E-state index contributed by atoms with van der Waals surface area (Å²) in [7, 11) is 0. The van der Waals surface area contributed by atoms with Crippen LogP contribution < -0.4 is 0 Å². The lowest BCUT2D eigenvalue weighted by Crippen LogP contribution is -1.80. The molecule has 2 atom stereocenters. The molecule has 0 N–H and O–H groups in total. The number of halogens is 2. The highest BCUT2D eigenvalue weighted by Crippen LogP contribution is 2.18. The van der Waals surface area contributed by atoms with Crippen molar-refractivity contribution >= 4 is 23.2 Å². The lowest BCUT2D eigenvalue weighted by Gasteiger charge is -1.99. The van der Waals surface area contributed by atoms with E-state index < -0.39 is 0 Å². The zero-order chi connectivity index (χ0) is 13.4. The Bertz CT molecular complexity index is 378. The summed E-state index contributed by atoms with van der Waals surface area (Å²) < 4.78 is 0. The highest BCUT2D eigenvalue weighted by Gasteiger charge is 1.96. The summed E-state index contributed by atoms with van der Waals surface area (Å²) in [5.74, 6) is 0. The van der Waals surface area contributed by atoms with Crippen LogP contribution in [0.4, 0.5) is 0 Å². The van der Waals surface area contributed by atoms with Gasteiger partial charge in [-0.15, -0.1) is 23.2 Å². The molecule has 2 aromatic rings. The summed E-state index contributed by atoms with van der Waals surface area (Å²) in [5, 5.41) is 0.261. The molecule has 0 bridgehead atoms. The average Bonchev–Trinajstić information content (AvgIpc) is 2.41. The maximum Gasteiger partial charge on any atom is 0.0557 e. The Morgan fingerprint density at radius 2 is 0.889 bits per heavy atom. The fourth-order valence-electron chi connectivity index (χ4n) is 1.44. The van der Waals surface area contributed by atoms with Crippen molar-refractivity contribution in [2.75, 3.05) is 0 Å². The zero-order valence-electron chi connectivity index (χ0n) is 10.7. The van der Waals surface area contributed by atoms with Crippen molar-refractivity contribution < 1.29 is 0 Å². The van der Waals surface area contributed by atoms with Crippen molar-refractivity contribution in [3.63, 3.8) is 0 Å². The third kappa shape index (κ3) is 5.57. The lowest BCUT2D eigenvalue weighted by molar-refractivity contribution is 1.08. The van der Waals surface area contributed by atoms with Gasteiger partial charge in [-0.1, -0.05) is 60.7 Å². The first kappa shape index (κ1) is 15.1. The van der Waals surface area contributed by atoms with Gasteiger partial charge in [-0.2, -0.15) is 0 Å². The first-order valence-electron chi connectivity index (χ1n) is 5.99. The van der Waals surface area contributed by atoms with E-state index in [0.717, 1.165) is 0 Å². The summed E-state index contributed by atoms with van der Waals surface area (Å²) >= 11 is 11.6.